The maximum atomic E-state index is 12.5. The summed E-state index contributed by atoms with van der Waals surface area (Å²) in [4.78, 5) is 25.3. The molecule has 0 unspecified atom stereocenters. The van der Waals surface area contributed by atoms with Gasteiger partial charge in [-0.05, 0) is 34.6 Å². The Morgan fingerprint density at radius 2 is 1.65 bits per heavy atom. The Hall–Kier alpha value is -2.82. The largest absolute Gasteiger partial charge is 0.480 e. The van der Waals surface area contributed by atoms with E-state index in [9.17, 15) is 14.7 Å². The van der Waals surface area contributed by atoms with Crippen LogP contribution in [0.3, 0.4) is 0 Å². The van der Waals surface area contributed by atoms with E-state index in [1.807, 2.05) is 31.2 Å². The van der Waals surface area contributed by atoms with Crippen LogP contribution in [-0.4, -0.2) is 41.3 Å². The van der Waals surface area contributed by atoms with Gasteiger partial charge in [0.15, 0.2) is 0 Å². The van der Waals surface area contributed by atoms with Crippen LogP contribution < -0.4 is 0 Å². The lowest BCUT2D eigenvalue weighted by atomic mass is 9.98. The topological polar surface area (TPSA) is 66.8 Å². The number of benzene rings is 2. The molecule has 1 heterocycles. The van der Waals surface area contributed by atoms with Gasteiger partial charge in [0.1, 0.15) is 12.6 Å². The first-order chi connectivity index (χ1) is 12.6. The minimum atomic E-state index is -0.969. The van der Waals surface area contributed by atoms with Crippen molar-refractivity contribution in [2.75, 3.05) is 13.2 Å². The van der Waals surface area contributed by atoms with Crippen LogP contribution in [0.2, 0.25) is 0 Å². The van der Waals surface area contributed by atoms with Crippen molar-refractivity contribution in [3.05, 3.63) is 59.7 Å². The molecule has 0 saturated carbocycles. The summed E-state index contributed by atoms with van der Waals surface area (Å²) in [6.07, 6.45) is 0.143. The number of aliphatic carboxylic acids is 1. The van der Waals surface area contributed by atoms with Crippen LogP contribution in [0.25, 0.3) is 11.1 Å². The highest BCUT2D eigenvalue weighted by Gasteiger charge is 2.41. The van der Waals surface area contributed by atoms with Gasteiger partial charge >= 0.3 is 12.1 Å². The van der Waals surface area contributed by atoms with Crippen molar-refractivity contribution in [1.82, 2.24) is 4.90 Å². The fourth-order valence-electron chi connectivity index (χ4n) is 4.21. The van der Waals surface area contributed by atoms with Crippen molar-refractivity contribution >= 4 is 12.1 Å². The van der Waals surface area contributed by atoms with Crippen LogP contribution in [0, 0.1) is 5.92 Å². The Bertz CT molecular complexity index is 817. The van der Waals surface area contributed by atoms with Gasteiger partial charge in [0.05, 0.1) is 0 Å². The standard InChI is InChI=1S/C21H21NO4/c1-13-10-11-22(19(13)20(23)24)21(25)26-12-18-16-8-4-2-6-14(16)15-7-3-5-9-17(15)18/h2-9,13,18-19H,10-12H2,1H3,(H,23,24)/t13-,19-/m0/s1. The molecule has 2 aromatic rings. The zero-order chi connectivity index (χ0) is 18.3. The summed E-state index contributed by atoms with van der Waals surface area (Å²) in [6, 6.07) is 15.5. The van der Waals surface area contributed by atoms with Crippen molar-refractivity contribution in [1.29, 1.82) is 0 Å². The lowest BCUT2D eigenvalue weighted by Gasteiger charge is -2.24. The first kappa shape index (κ1) is 16.6. The van der Waals surface area contributed by atoms with Crippen molar-refractivity contribution < 1.29 is 19.4 Å². The maximum Gasteiger partial charge on any atom is 0.410 e. The summed E-state index contributed by atoms with van der Waals surface area (Å²) < 4.78 is 5.58. The second-order valence-electron chi connectivity index (χ2n) is 7.05. The molecule has 1 aliphatic carbocycles. The fourth-order valence-corrected chi connectivity index (χ4v) is 4.21. The van der Waals surface area contributed by atoms with Gasteiger partial charge in [0.25, 0.3) is 0 Å². The van der Waals surface area contributed by atoms with E-state index in [0.29, 0.717) is 13.0 Å². The second kappa shape index (κ2) is 6.48. The average Bonchev–Trinajstić information content (AvgIpc) is 3.18. The highest BCUT2D eigenvalue weighted by atomic mass is 16.6. The predicted molar refractivity (Wildman–Crippen MR) is 97.0 cm³/mol. The third-order valence-electron chi connectivity index (χ3n) is 5.52. The number of carboxylic acids is 1. The van der Waals surface area contributed by atoms with Gasteiger partial charge in [-0.25, -0.2) is 9.59 Å². The molecule has 1 N–H and O–H groups in total. The quantitative estimate of drug-likeness (QED) is 0.915. The van der Waals surface area contributed by atoms with Gasteiger partial charge in [0.2, 0.25) is 0 Å². The molecule has 4 rings (SSSR count). The van der Waals surface area contributed by atoms with Gasteiger partial charge in [-0.1, -0.05) is 55.5 Å². The number of nitrogens with zero attached hydrogens (tertiary/aromatic N) is 1. The van der Waals surface area contributed by atoms with Crippen LogP contribution in [-0.2, 0) is 9.53 Å². The summed E-state index contributed by atoms with van der Waals surface area (Å²) in [5.41, 5.74) is 4.63. The summed E-state index contributed by atoms with van der Waals surface area (Å²) >= 11 is 0. The van der Waals surface area contributed by atoms with Crippen LogP contribution in [0.4, 0.5) is 4.79 Å². The van der Waals surface area contributed by atoms with Crippen molar-refractivity contribution in [2.24, 2.45) is 5.92 Å². The summed E-state index contributed by atoms with van der Waals surface area (Å²) in [5, 5.41) is 9.39. The predicted octanol–water partition coefficient (Wildman–Crippen LogP) is 3.73. The SMILES string of the molecule is C[C@H]1CCN(C(=O)OCC2c3ccccc3-c3ccccc32)[C@@H]1C(=O)O. The minimum Gasteiger partial charge on any atom is -0.480 e. The number of amides is 1. The van der Waals surface area contributed by atoms with Gasteiger partial charge in [-0.2, -0.15) is 0 Å². The molecule has 1 amide bonds. The van der Waals surface area contributed by atoms with Gasteiger partial charge in [-0.15, -0.1) is 0 Å². The van der Waals surface area contributed by atoms with Gasteiger partial charge < -0.3 is 9.84 Å². The molecule has 2 aromatic carbocycles. The molecule has 2 atom stereocenters. The number of carbonyl (C=O) groups excluding carboxylic acids is 1. The van der Waals surface area contributed by atoms with Crippen LogP contribution in [0.1, 0.15) is 30.4 Å². The number of fused-ring (bicyclic) bond motifs is 3. The zero-order valence-corrected chi connectivity index (χ0v) is 14.6. The molecule has 26 heavy (non-hydrogen) atoms. The number of hydrogen-bond acceptors (Lipinski definition) is 3. The first-order valence-corrected chi connectivity index (χ1v) is 8.92. The lowest BCUT2D eigenvalue weighted by molar-refractivity contribution is -0.142. The van der Waals surface area contributed by atoms with E-state index in [-0.39, 0.29) is 18.4 Å². The summed E-state index contributed by atoms with van der Waals surface area (Å²) in [6.45, 7) is 2.49. The number of rotatable bonds is 3. The van der Waals surface area contributed by atoms with Crippen LogP contribution in [0.5, 0.6) is 0 Å². The molecule has 5 nitrogen and oxygen atoms in total. The monoisotopic (exact) mass is 351 g/mol. The smallest absolute Gasteiger partial charge is 0.410 e. The number of ether oxygens (including phenoxy) is 1. The Kier molecular flexibility index (Phi) is 4.15. The van der Waals surface area contributed by atoms with E-state index in [4.69, 9.17) is 4.74 Å². The van der Waals surface area contributed by atoms with E-state index in [1.54, 1.807) is 0 Å². The molecule has 1 aliphatic heterocycles. The van der Waals surface area contributed by atoms with Gasteiger partial charge in [0, 0.05) is 12.5 Å². The lowest BCUT2D eigenvalue weighted by Crippen LogP contribution is -2.43. The number of hydrogen-bond donors (Lipinski definition) is 1. The molecule has 0 aromatic heterocycles. The minimum absolute atomic E-state index is 0.0188. The van der Waals surface area contributed by atoms with E-state index < -0.39 is 18.1 Å². The zero-order valence-electron chi connectivity index (χ0n) is 14.6. The molecular formula is C21H21NO4. The third-order valence-corrected chi connectivity index (χ3v) is 5.52. The average molecular weight is 351 g/mol. The molecule has 0 spiro atoms. The van der Waals surface area contributed by atoms with E-state index in [0.717, 1.165) is 11.1 Å². The fraction of sp³-hybridized carbons (Fsp3) is 0.333. The first-order valence-electron chi connectivity index (χ1n) is 8.92. The Morgan fingerprint density at radius 1 is 1.08 bits per heavy atom. The molecule has 134 valence electrons. The maximum absolute atomic E-state index is 12.5. The molecular weight excluding hydrogens is 330 g/mol. The molecule has 2 aliphatic rings. The van der Waals surface area contributed by atoms with E-state index >= 15 is 0 Å². The third kappa shape index (κ3) is 2.64. The Labute approximate surface area is 152 Å². The van der Waals surface area contributed by atoms with Crippen molar-refractivity contribution in [3.8, 4) is 11.1 Å². The molecule has 0 radical (unpaired) electrons. The number of carboxylic acid groups (broad SMARTS) is 1. The van der Waals surface area contributed by atoms with Crippen molar-refractivity contribution in [3.63, 3.8) is 0 Å². The summed E-state index contributed by atoms with van der Waals surface area (Å²) in [7, 11) is 0. The van der Waals surface area contributed by atoms with Crippen molar-refractivity contribution in [2.45, 2.75) is 25.3 Å². The number of likely N-dealkylation sites (tertiary alicyclic amines) is 1. The van der Waals surface area contributed by atoms with E-state index in [2.05, 4.69) is 24.3 Å². The molecule has 1 fully saturated rings. The van der Waals surface area contributed by atoms with E-state index in [1.165, 1.54) is 16.0 Å². The van der Waals surface area contributed by atoms with Gasteiger partial charge in [-0.3, -0.25) is 4.90 Å². The molecule has 1 saturated heterocycles. The highest BCUT2D eigenvalue weighted by Crippen LogP contribution is 2.44. The van der Waals surface area contributed by atoms with Crippen LogP contribution in [0.15, 0.2) is 48.5 Å². The number of carbonyl (C=O) groups is 2. The second-order valence-corrected chi connectivity index (χ2v) is 7.05. The summed E-state index contributed by atoms with van der Waals surface area (Å²) in [5.74, 6) is -1.05. The normalized spacial score (nSPS) is 21.3. The Balaban J connectivity index is 1.53. The highest BCUT2D eigenvalue weighted by molar-refractivity contribution is 5.82. The Morgan fingerprint density at radius 3 is 2.23 bits per heavy atom. The molecule has 0 bridgehead atoms. The molecule has 5 heteroatoms. The van der Waals surface area contributed by atoms with Crippen LogP contribution >= 0.6 is 0 Å².